The third-order valence-electron chi connectivity index (χ3n) is 2.11. The van der Waals surface area contributed by atoms with Crippen molar-refractivity contribution in [2.24, 2.45) is 5.92 Å². The fourth-order valence-electron chi connectivity index (χ4n) is 1.29. The molecule has 0 saturated carbocycles. The molecule has 0 aliphatic carbocycles. The van der Waals surface area contributed by atoms with E-state index in [0.29, 0.717) is 26.1 Å². The summed E-state index contributed by atoms with van der Waals surface area (Å²) >= 11 is 0. The molecule has 0 aromatic heterocycles. The van der Waals surface area contributed by atoms with E-state index in [9.17, 15) is 9.59 Å². The number of hydrogen-bond acceptors (Lipinski definition) is 3. The lowest BCUT2D eigenvalue weighted by Crippen LogP contribution is -2.14. The van der Waals surface area contributed by atoms with Crippen LogP contribution >= 0.6 is 0 Å². The van der Waals surface area contributed by atoms with E-state index in [-0.39, 0.29) is 17.5 Å². The molecule has 68 valence electrons. The predicted molar refractivity (Wildman–Crippen MR) is 43.8 cm³/mol. The van der Waals surface area contributed by atoms with Crippen molar-refractivity contribution in [2.45, 2.75) is 26.2 Å². The van der Waals surface area contributed by atoms with Crippen LogP contribution in [0.25, 0.3) is 0 Å². The molecule has 1 aliphatic heterocycles. The topological polar surface area (TPSA) is 43.4 Å². The zero-order valence-electron chi connectivity index (χ0n) is 7.34. The lowest BCUT2D eigenvalue weighted by atomic mass is 9.99. The average Bonchev–Trinajstić information content (AvgIpc) is 2.51. The van der Waals surface area contributed by atoms with Crippen LogP contribution in [0, 0.1) is 5.92 Å². The molecule has 3 heteroatoms. The van der Waals surface area contributed by atoms with Gasteiger partial charge in [-0.3, -0.25) is 4.79 Å². The van der Waals surface area contributed by atoms with Gasteiger partial charge in [-0.25, -0.2) is 0 Å². The van der Waals surface area contributed by atoms with E-state index < -0.39 is 0 Å². The molecule has 1 aliphatic rings. The van der Waals surface area contributed by atoms with Crippen LogP contribution in [-0.2, 0) is 14.3 Å². The van der Waals surface area contributed by atoms with Gasteiger partial charge in [-0.1, -0.05) is 0 Å². The van der Waals surface area contributed by atoms with Gasteiger partial charge in [-0.2, -0.15) is 0 Å². The van der Waals surface area contributed by atoms with Crippen molar-refractivity contribution in [3.63, 3.8) is 0 Å². The first-order valence-corrected chi connectivity index (χ1v) is 4.30. The highest BCUT2D eigenvalue weighted by Crippen LogP contribution is 2.15. The van der Waals surface area contributed by atoms with E-state index in [0.717, 1.165) is 6.42 Å². The summed E-state index contributed by atoms with van der Waals surface area (Å²) in [7, 11) is 0. The number of ketones is 2. The SMILES string of the molecule is CC(=O)CCC(=O)C1CCOC1. The van der Waals surface area contributed by atoms with Crippen molar-refractivity contribution in [3.8, 4) is 0 Å². The Balaban J connectivity index is 2.23. The predicted octanol–water partition coefficient (Wildman–Crippen LogP) is 0.961. The maximum absolute atomic E-state index is 11.3. The lowest BCUT2D eigenvalue weighted by Gasteiger charge is -2.03. The van der Waals surface area contributed by atoms with Gasteiger partial charge in [0.05, 0.1) is 6.61 Å². The Hall–Kier alpha value is -0.700. The first-order chi connectivity index (χ1) is 5.70. The summed E-state index contributed by atoms with van der Waals surface area (Å²) in [6.45, 7) is 2.76. The monoisotopic (exact) mass is 170 g/mol. The van der Waals surface area contributed by atoms with Gasteiger partial charge in [0, 0.05) is 25.4 Å². The quantitative estimate of drug-likeness (QED) is 0.631. The normalized spacial score (nSPS) is 22.6. The molecule has 0 amide bonds. The Bertz CT molecular complexity index is 180. The second-order valence-corrected chi connectivity index (χ2v) is 3.23. The summed E-state index contributed by atoms with van der Waals surface area (Å²) < 4.78 is 5.08. The number of ether oxygens (including phenoxy) is 1. The highest BCUT2D eigenvalue weighted by atomic mass is 16.5. The molecule has 1 unspecified atom stereocenters. The maximum Gasteiger partial charge on any atom is 0.138 e. The third-order valence-corrected chi connectivity index (χ3v) is 2.11. The molecule has 0 bridgehead atoms. The molecule has 0 aromatic rings. The minimum atomic E-state index is 0.0596. The molecule has 3 nitrogen and oxygen atoms in total. The van der Waals surface area contributed by atoms with E-state index in [2.05, 4.69) is 0 Å². The molecular weight excluding hydrogens is 156 g/mol. The zero-order valence-corrected chi connectivity index (χ0v) is 7.34. The number of carbonyl (C=O) groups is 2. The third kappa shape index (κ3) is 2.74. The number of rotatable bonds is 4. The molecule has 1 saturated heterocycles. The van der Waals surface area contributed by atoms with Crippen molar-refractivity contribution in [3.05, 3.63) is 0 Å². The van der Waals surface area contributed by atoms with Crippen molar-refractivity contribution in [2.75, 3.05) is 13.2 Å². The number of hydrogen-bond donors (Lipinski definition) is 0. The summed E-state index contributed by atoms with van der Waals surface area (Å²) in [5, 5.41) is 0. The van der Waals surface area contributed by atoms with Crippen LogP contribution in [-0.4, -0.2) is 24.8 Å². The van der Waals surface area contributed by atoms with Gasteiger partial charge in [-0.05, 0) is 13.3 Å². The summed E-state index contributed by atoms with van der Waals surface area (Å²) in [4.78, 5) is 21.9. The van der Waals surface area contributed by atoms with Gasteiger partial charge >= 0.3 is 0 Å². The second-order valence-electron chi connectivity index (χ2n) is 3.23. The average molecular weight is 170 g/mol. The van der Waals surface area contributed by atoms with Gasteiger partial charge in [0.15, 0.2) is 0 Å². The molecule has 1 rings (SSSR count). The first-order valence-electron chi connectivity index (χ1n) is 4.30. The first kappa shape index (κ1) is 9.39. The van der Waals surface area contributed by atoms with Crippen molar-refractivity contribution < 1.29 is 14.3 Å². The number of carbonyl (C=O) groups excluding carboxylic acids is 2. The summed E-state index contributed by atoms with van der Waals surface area (Å²) in [6, 6.07) is 0. The molecule has 0 N–H and O–H groups in total. The minimum absolute atomic E-state index is 0.0596. The highest BCUT2D eigenvalue weighted by Gasteiger charge is 2.22. The van der Waals surface area contributed by atoms with Crippen molar-refractivity contribution in [1.82, 2.24) is 0 Å². The molecule has 0 aromatic carbocycles. The van der Waals surface area contributed by atoms with Gasteiger partial charge < -0.3 is 9.53 Å². The maximum atomic E-state index is 11.3. The molecule has 0 spiro atoms. The van der Waals surface area contributed by atoms with Gasteiger partial charge in [0.2, 0.25) is 0 Å². The van der Waals surface area contributed by atoms with Crippen LogP contribution in [0.15, 0.2) is 0 Å². The van der Waals surface area contributed by atoms with Crippen LogP contribution in [0.3, 0.4) is 0 Å². The van der Waals surface area contributed by atoms with Gasteiger partial charge in [0.25, 0.3) is 0 Å². The van der Waals surface area contributed by atoms with Gasteiger partial charge in [-0.15, -0.1) is 0 Å². The van der Waals surface area contributed by atoms with Gasteiger partial charge in [0.1, 0.15) is 11.6 Å². The Labute approximate surface area is 72.1 Å². The van der Waals surface area contributed by atoms with E-state index >= 15 is 0 Å². The molecule has 1 atom stereocenters. The second kappa shape index (κ2) is 4.36. The van der Waals surface area contributed by atoms with Crippen LogP contribution in [0.1, 0.15) is 26.2 Å². The standard InChI is InChI=1S/C9H14O3/c1-7(10)2-3-9(11)8-4-5-12-6-8/h8H,2-6H2,1H3. The van der Waals surface area contributed by atoms with Crippen LogP contribution in [0.4, 0.5) is 0 Å². The van der Waals surface area contributed by atoms with Crippen molar-refractivity contribution >= 4 is 11.6 Å². The summed E-state index contributed by atoms with van der Waals surface area (Å²) in [6.07, 6.45) is 1.61. The largest absolute Gasteiger partial charge is 0.381 e. The summed E-state index contributed by atoms with van der Waals surface area (Å²) in [5.41, 5.74) is 0. The Morgan fingerprint density at radius 3 is 2.67 bits per heavy atom. The molecule has 0 radical (unpaired) electrons. The van der Waals surface area contributed by atoms with E-state index in [4.69, 9.17) is 4.74 Å². The van der Waals surface area contributed by atoms with Crippen LogP contribution < -0.4 is 0 Å². The van der Waals surface area contributed by atoms with Crippen LogP contribution in [0.5, 0.6) is 0 Å². The van der Waals surface area contributed by atoms with Crippen molar-refractivity contribution in [1.29, 1.82) is 0 Å². The smallest absolute Gasteiger partial charge is 0.138 e. The molecule has 1 fully saturated rings. The number of Topliss-reactive ketones (excluding diaryl/α,β-unsaturated/α-hetero) is 2. The molecule has 12 heavy (non-hydrogen) atoms. The van der Waals surface area contributed by atoms with E-state index in [1.54, 1.807) is 0 Å². The zero-order chi connectivity index (χ0) is 8.97. The van der Waals surface area contributed by atoms with E-state index in [1.807, 2.05) is 0 Å². The Kier molecular flexibility index (Phi) is 3.41. The Morgan fingerprint density at radius 2 is 2.17 bits per heavy atom. The van der Waals surface area contributed by atoms with Crippen LogP contribution in [0.2, 0.25) is 0 Å². The molecular formula is C9H14O3. The van der Waals surface area contributed by atoms with E-state index in [1.165, 1.54) is 6.92 Å². The Morgan fingerprint density at radius 1 is 1.42 bits per heavy atom. The molecule has 1 heterocycles. The minimum Gasteiger partial charge on any atom is -0.381 e. The summed E-state index contributed by atoms with van der Waals surface area (Å²) in [5.74, 6) is 0.328. The lowest BCUT2D eigenvalue weighted by molar-refractivity contribution is -0.125. The highest BCUT2D eigenvalue weighted by molar-refractivity contribution is 5.86. The fraction of sp³-hybridized carbons (Fsp3) is 0.778. The fourth-order valence-corrected chi connectivity index (χ4v) is 1.29.